The van der Waals surface area contributed by atoms with E-state index in [2.05, 4.69) is 10.3 Å². The Bertz CT molecular complexity index is 1420. The van der Waals surface area contributed by atoms with Gasteiger partial charge in [-0.05, 0) is 49.4 Å². The molecule has 0 radical (unpaired) electrons. The zero-order chi connectivity index (χ0) is 33.0. The summed E-state index contributed by atoms with van der Waals surface area (Å²) in [6, 6.07) is 8.74. The van der Waals surface area contributed by atoms with Crippen LogP contribution in [0.4, 0.5) is 39.5 Å². The average molecular weight is 638 g/mol. The van der Waals surface area contributed by atoms with Gasteiger partial charge in [0.15, 0.2) is 11.9 Å². The van der Waals surface area contributed by atoms with Crippen LogP contribution in [0.25, 0.3) is 0 Å². The van der Waals surface area contributed by atoms with Gasteiger partial charge in [0.05, 0.1) is 11.3 Å². The number of amides is 2. The number of hydrogen-bond acceptors (Lipinski definition) is 4. The predicted molar refractivity (Wildman–Crippen MR) is 140 cm³/mol. The maximum absolute atomic E-state index is 13.5. The van der Waals surface area contributed by atoms with Crippen LogP contribution in [0.1, 0.15) is 59.9 Å². The zero-order valence-corrected chi connectivity index (χ0v) is 23.2. The Balaban J connectivity index is 2.04. The summed E-state index contributed by atoms with van der Waals surface area (Å²) >= 11 is 0. The van der Waals surface area contributed by atoms with Crippen molar-refractivity contribution in [2.24, 2.45) is 22.6 Å². The number of carbonyl (C=O) groups is 3. The Hall–Kier alpha value is -3.91. The van der Waals surface area contributed by atoms with Crippen LogP contribution in [0.2, 0.25) is 0 Å². The van der Waals surface area contributed by atoms with Crippen LogP contribution >= 0.6 is 0 Å². The molecule has 0 aliphatic carbocycles. The molecule has 6 nitrogen and oxygen atoms in total. The molecule has 0 bridgehead atoms. The van der Waals surface area contributed by atoms with Gasteiger partial charge in [-0.2, -0.15) is 39.5 Å². The number of hydrogen-bond donors (Lipinski definition) is 2. The van der Waals surface area contributed by atoms with Gasteiger partial charge in [0.1, 0.15) is 0 Å². The number of aryl methyl sites for hydroxylation is 1. The van der Waals surface area contributed by atoms with Crippen molar-refractivity contribution < 1.29 is 53.9 Å². The Morgan fingerprint density at radius 3 is 2.16 bits per heavy atom. The predicted octanol–water partition coefficient (Wildman–Crippen LogP) is 6.21. The summed E-state index contributed by atoms with van der Waals surface area (Å²) in [5.41, 5.74) is 5.33. The molecule has 3 rings (SSSR count). The van der Waals surface area contributed by atoms with Crippen molar-refractivity contribution in [1.82, 2.24) is 5.32 Å². The molecule has 2 aromatic carbocycles. The lowest BCUT2D eigenvalue weighted by Gasteiger charge is -2.26. The van der Waals surface area contributed by atoms with Gasteiger partial charge in [-0.15, -0.1) is 0 Å². The van der Waals surface area contributed by atoms with Crippen molar-refractivity contribution in [2.75, 3.05) is 0 Å². The first-order valence-corrected chi connectivity index (χ1v) is 13.4. The van der Waals surface area contributed by atoms with Crippen molar-refractivity contribution in [3.8, 4) is 0 Å². The highest BCUT2D eigenvalue weighted by atomic mass is 19.4. The Labute approximate surface area is 245 Å². The highest BCUT2D eigenvalue weighted by Crippen LogP contribution is 2.33. The largest absolute Gasteiger partial charge is 0.416 e. The van der Waals surface area contributed by atoms with Crippen molar-refractivity contribution in [3.05, 3.63) is 70.3 Å². The van der Waals surface area contributed by atoms with Gasteiger partial charge in [-0.3, -0.25) is 19.4 Å². The first-order chi connectivity index (χ1) is 20.3. The summed E-state index contributed by atoms with van der Waals surface area (Å²) in [4.78, 5) is 43.1. The molecule has 0 aromatic heterocycles. The maximum Gasteiger partial charge on any atom is 0.416 e. The van der Waals surface area contributed by atoms with E-state index in [-0.39, 0.29) is 23.3 Å². The summed E-state index contributed by atoms with van der Waals surface area (Å²) in [6.07, 6.45) is -21.7. The van der Waals surface area contributed by atoms with E-state index in [1.54, 1.807) is 19.1 Å². The molecule has 0 fully saturated rings. The van der Waals surface area contributed by atoms with E-state index >= 15 is 0 Å². The van der Waals surface area contributed by atoms with E-state index < -0.39 is 91.8 Å². The molecule has 2 aromatic rings. The van der Waals surface area contributed by atoms with Crippen LogP contribution < -0.4 is 11.1 Å². The minimum Gasteiger partial charge on any atom is -0.369 e. The summed E-state index contributed by atoms with van der Waals surface area (Å²) < 4.78 is 118. The fourth-order valence-electron chi connectivity index (χ4n) is 5.03. The lowest BCUT2D eigenvalue weighted by molar-refractivity contribution is -0.147. The number of Topliss-reactive ketones (excluding diaryl/α,β-unsaturated/α-hetero) is 1. The molecule has 0 saturated heterocycles. The summed E-state index contributed by atoms with van der Waals surface area (Å²) in [5, 5.41) is 2.19. The van der Waals surface area contributed by atoms with Crippen LogP contribution in [0, 0.1) is 18.8 Å². The number of nitrogens with zero attached hydrogens (tertiary/aromatic N) is 1. The molecule has 44 heavy (non-hydrogen) atoms. The minimum atomic E-state index is -4.81. The number of carbonyl (C=O) groups excluding carboxylic acids is 3. The molecular formula is C29H28F9N3O3. The lowest BCUT2D eigenvalue weighted by Crippen LogP contribution is -2.47. The SMILES string of the molecule is Cc1cccc2c1CC(=O)[C@@H](NC(=O)[C@H](CCC(F)(F)F)[C@H](CCCC(F)(F)F)C(N)=O)N=C2c1cccc(C(F)(F)F)c1. The third-order valence-corrected chi connectivity index (χ3v) is 7.22. The minimum absolute atomic E-state index is 0.0728. The third kappa shape index (κ3) is 9.29. The number of fused-ring (bicyclic) bond motifs is 1. The molecule has 2 amide bonds. The number of alkyl halides is 9. The third-order valence-electron chi connectivity index (χ3n) is 7.22. The number of primary amides is 1. The fraction of sp³-hybridized carbons (Fsp3) is 0.448. The Morgan fingerprint density at radius 1 is 0.932 bits per heavy atom. The molecule has 0 spiro atoms. The number of ketones is 1. The summed E-state index contributed by atoms with van der Waals surface area (Å²) in [5.74, 6) is -6.99. The number of nitrogens with two attached hydrogens (primary N) is 1. The Morgan fingerprint density at radius 2 is 1.57 bits per heavy atom. The number of aliphatic imine (C=N–C) groups is 1. The zero-order valence-electron chi connectivity index (χ0n) is 23.2. The number of halogens is 9. The van der Waals surface area contributed by atoms with Gasteiger partial charge in [0.25, 0.3) is 0 Å². The maximum atomic E-state index is 13.5. The topological polar surface area (TPSA) is 102 Å². The quantitative estimate of drug-likeness (QED) is 0.303. The summed E-state index contributed by atoms with van der Waals surface area (Å²) in [6.45, 7) is 1.64. The van der Waals surface area contributed by atoms with Gasteiger partial charge in [0, 0.05) is 42.2 Å². The molecule has 3 atom stereocenters. The van der Waals surface area contributed by atoms with Crippen LogP contribution in [0.5, 0.6) is 0 Å². The highest BCUT2D eigenvalue weighted by molar-refractivity contribution is 6.16. The molecule has 15 heteroatoms. The lowest BCUT2D eigenvalue weighted by atomic mass is 9.83. The van der Waals surface area contributed by atoms with Crippen LogP contribution in [-0.2, 0) is 27.0 Å². The van der Waals surface area contributed by atoms with E-state index in [1.165, 1.54) is 12.1 Å². The molecule has 1 aliphatic rings. The first-order valence-electron chi connectivity index (χ1n) is 13.4. The molecule has 1 heterocycles. The number of rotatable bonds is 10. The molecule has 0 unspecified atom stereocenters. The van der Waals surface area contributed by atoms with Crippen molar-refractivity contribution in [1.29, 1.82) is 0 Å². The smallest absolute Gasteiger partial charge is 0.369 e. The normalized spacial score (nSPS) is 17.3. The monoisotopic (exact) mass is 637 g/mol. The van der Waals surface area contributed by atoms with Gasteiger partial charge in [0.2, 0.25) is 11.8 Å². The molecule has 0 saturated carbocycles. The van der Waals surface area contributed by atoms with E-state index in [0.29, 0.717) is 11.1 Å². The molecular weight excluding hydrogens is 609 g/mol. The van der Waals surface area contributed by atoms with Gasteiger partial charge >= 0.3 is 18.5 Å². The van der Waals surface area contributed by atoms with Gasteiger partial charge in [-0.25, -0.2) is 0 Å². The van der Waals surface area contributed by atoms with E-state index in [0.717, 1.165) is 18.2 Å². The molecule has 3 N–H and O–H groups in total. The van der Waals surface area contributed by atoms with E-state index in [4.69, 9.17) is 5.73 Å². The number of benzene rings is 2. The molecule has 240 valence electrons. The highest BCUT2D eigenvalue weighted by Gasteiger charge is 2.39. The van der Waals surface area contributed by atoms with Gasteiger partial charge < -0.3 is 11.1 Å². The second-order valence-electron chi connectivity index (χ2n) is 10.5. The van der Waals surface area contributed by atoms with E-state index in [1.807, 2.05) is 0 Å². The first kappa shape index (κ1) is 34.6. The van der Waals surface area contributed by atoms with Crippen LogP contribution in [0.15, 0.2) is 47.5 Å². The second kappa shape index (κ2) is 13.4. The van der Waals surface area contributed by atoms with Crippen LogP contribution in [-0.4, -0.2) is 41.8 Å². The second-order valence-corrected chi connectivity index (χ2v) is 10.5. The average Bonchev–Trinajstić information content (AvgIpc) is 3.03. The van der Waals surface area contributed by atoms with E-state index in [9.17, 15) is 53.9 Å². The van der Waals surface area contributed by atoms with Gasteiger partial charge in [-0.1, -0.05) is 30.3 Å². The standard InChI is InChI=1S/C29H28F9N3O3/c1-15-5-2-8-18-21(15)14-22(42)25(40-23(18)16-6-3-7-17(13-16)29(36,37)38)41-26(44)20(10-12-28(33,34)35)19(24(39)43)9-4-11-27(30,31)32/h2-3,5-8,13,19-20,25H,4,9-12,14H2,1H3,(H2,39,43)(H,41,44)/t19-,20+,25+/m0/s1. The molecule has 1 aliphatic heterocycles. The van der Waals surface area contributed by atoms with Crippen LogP contribution in [0.3, 0.4) is 0 Å². The van der Waals surface area contributed by atoms with Crippen molar-refractivity contribution in [3.63, 3.8) is 0 Å². The summed E-state index contributed by atoms with van der Waals surface area (Å²) in [7, 11) is 0. The van der Waals surface area contributed by atoms with Crippen molar-refractivity contribution in [2.45, 2.75) is 70.1 Å². The fourth-order valence-corrected chi connectivity index (χ4v) is 5.03. The number of nitrogens with one attached hydrogen (secondary N) is 1. The van der Waals surface area contributed by atoms with Crippen molar-refractivity contribution >= 4 is 23.3 Å². The Kier molecular flexibility index (Phi) is 10.5.